The summed E-state index contributed by atoms with van der Waals surface area (Å²) in [6.07, 6.45) is 9.87. The van der Waals surface area contributed by atoms with Gasteiger partial charge in [-0.2, -0.15) is 11.4 Å². The van der Waals surface area contributed by atoms with E-state index in [2.05, 4.69) is 20.4 Å². The van der Waals surface area contributed by atoms with Crippen LogP contribution in [-0.4, -0.2) is 41.9 Å². The van der Waals surface area contributed by atoms with Crippen LogP contribution in [0.4, 0.5) is 0 Å². The van der Waals surface area contributed by atoms with Gasteiger partial charge in [-0.3, -0.25) is 9.59 Å². The minimum Gasteiger partial charge on any atom is -0.665 e. The topological polar surface area (TPSA) is 99.8 Å². The molecule has 0 amide bonds. The molecular formula is C31H28MgN4O3-2. The van der Waals surface area contributed by atoms with Crippen molar-refractivity contribution in [2.45, 2.75) is 47.0 Å². The van der Waals surface area contributed by atoms with E-state index in [0.29, 0.717) is 41.1 Å². The number of carbonyl (C=O) groups is 2. The van der Waals surface area contributed by atoms with E-state index < -0.39 is 11.9 Å². The fourth-order valence-electron chi connectivity index (χ4n) is 5.95. The van der Waals surface area contributed by atoms with E-state index in [1.54, 1.807) is 0 Å². The summed E-state index contributed by atoms with van der Waals surface area (Å²) in [5, 5.41) is 6.57. The molecule has 8 heteroatoms. The van der Waals surface area contributed by atoms with Gasteiger partial charge in [-0.1, -0.05) is 65.6 Å². The zero-order valence-corrected chi connectivity index (χ0v) is 24.4. The third kappa shape index (κ3) is 4.00. The molecule has 0 N–H and O–H groups in total. The number of allylic oxidation sites excluding steroid dienone is 2. The number of rotatable bonds is 3. The Bertz CT molecular complexity index is 1760. The predicted octanol–water partition coefficient (Wildman–Crippen LogP) is 3.18. The quantitative estimate of drug-likeness (QED) is 0.294. The number of fused-ring (bicyclic) bond motifs is 7. The molecule has 39 heavy (non-hydrogen) atoms. The summed E-state index contributed by atoms with van der Waals surface area (Å²) in [6, 6.07) is 0. The number of esters is 1. The van der Waals surface area contributed by atoms with Crippen molar-refractivity contribution in [2.75, 3.05) is 7.11 Å². The van der Waals surface area contributed by atoms with Crippen LogP contribution in [-0.2, 0) is 16.0 Å². The first kappa shape index (κ1) is 27.1. The predicted molar refractivity (Wildman–Crippen MR) is 152 cm³/mol. The van der Waals surface area contributed by atoms with Gasteiger partial charge in [0.15, 0.2) is 5.78 Å². The smallest absolute Gasteiger partial charge is 0.665 e. The van der Waals surface area contributed by atoms with E-state index in [9.17, 15) is 9.59 Å². The van der Waals surface area contributed by atoms with Gasteiger partial charge in [0.2, 0.25) is 0 Å². The summed E-state index contributed by atoms with van der Waals surface area (Å²) in [6.45, 7) is 12.1. The van der Waals surface area contributed by atoms with Crippen molar-refractivity contribution in [3.05, 3.63) is 90.1 Å². The molecule has 194 valence electrons. The average Bonchev–Trinajstić information content (AvgIpc) is 3.67. The zero-order valence-electron chi connectivity index (χ0n) is 22.9. The van der Waals surface area contributed by atoms with Crippen LogP contribution in [0.25, 0.3) is 35.2 Å². The molecule has 1 aliphatic carbocycles. The average molecular weight is 529 g/mol. The Labute approximate surface area is 243 Å². The van der Waals surface area contributed by atoms with Crippen molar-refractivity contribution in [3.63, 3.8) is 0 Å². The summed E-state index contributed by atoms with van der Waals surface area (Å²) in [4.78, 5) is 41.3. The number of nitrogens with zero attached hydrogens (tertiary/aromatic N) is 4. The van der Waals surface area contributed by atoms with Gasteiger partial charge in [-0.25, -0.2) is 0 Å². The number of methoxy groups -OCH3 is 1. The number of ketones is 1. The SMILES string of the molecule is C=Cc1c2[n-]c(c1C)/C=C1/CC/C(=C3/c4[n-]c(c(C)c4C(=O)[C@@H]3C(=O)OC)/C=c3\[n-]/c(c(C)c3CC)=C\2)[N-]1.[Mg+2]. The summed E-state index contributed by atoms with van der Waals surface area (Å²) in [7, 11) is 1.30. The summed E-state index contributed by atoms with van der Waals surface area (Å²) < 4.78 is 5.05. The molecule has 0 radical (unpaired) electrons. The van der Waals surface area contributed by atoms with Gasteiger partial charge < -0.3 is 25.0 Å². The molecule has 0 aromatic carbocycles. The standard InChI is InChI=1S/C31H29N4O3.Mg/c1-7-18-14(3)21-11-17-9-10-20(32-17)27-28(31(37)38-6)30(36)26-16(5)23(35-29(26)27)13-25-19(8-2)15(4)22(34-25)12-24(18)33-21;/h7,11-13,28H,1,8-10H2,2-6H3,(H-,32,35,36);/q-3;+2/p-1/b17-11-,22-12-,25-13-;/t28-;/m1./s1. The Balaban J connectivity index is 0.00000308. The molecular weight excluding hydrogens is 501 g/mol. The number of hydrogen-bond acceptors (Lipinski definition) is 3. The number of aromatic nitrogens is 3. The molecule has 6 rings (SSSR count). The fourth-order valence-corrected chi connectivity index (χ4v) is 5.95. The molecule has 3 aromatic rings. The molecule has 0 saturated carbocycles. The van der Waals surface area contributed by atoms with E-state index in [1.165, 1.54) is 7.11 Å². The molecule has 1 atom stereocenters. The van der Waals surface area contributed by atoms with Crippen molar-refractivity contribution >= 4 is 64.7 Å². The number of Topliss-reactive ketones (excluding diaryl/α,β-unsaturated/α-hetero) is 1. The van der Waals surface area contributed by atoms with Crippen LogP contribution in [0.15, 0.2) is 18.0 Å². The number of carbonyl (C=O) groups excluding carboxylic acids is 2. The minimum absolute atomic E-state index is 0. The van der Waals surface area contributed by atoms with Gasteiger partial charge in [-0.05, 0) is 45.6 Å². The molecule has 8 bridgehead atoms. The first-order valence-corrected chi connectivity index (χ1v) is 12.9. The Morgan fingerprint density at radius 2 is 1.72 bits per heavy atom. The molecule has 2 aliphatic heterocycles. The Hall–Kier alpha value is -3.49. The first-order chi connectivity index (χ1) is 18.3. The van der Waals surface area contributed by atoms with Crippen LogP contribution in [0.1, 0.15) is 80.7 Å². The molecule has 1 saturated heterocycles. The summed E-state index contributed by atoms with van der Waals surface area (Å²) >= 11 is 0. The molecule has 0 unspecified atom stereocenters. The van der Waals surface area contributed by atoms with Crippen LogP contribution >= 0.6 is 0 Å². The van der Waals surface area contributed by atoms with Crippen LogP contribution in [0, 0.1) is 26.7 Å². The van der Waals surface area contributed by atoms with E-state index in [4.69, 9.17) is 25.0 Å². The normalized spacial score (nSPS) is 22.1. The molecule has 7 nitrogen and oxygen atoms in total. The first-order valence-electron chi connectivity index (χ1n) is 12.9. The van der Waals surface area contributed by atoms with Crippen molar-refractivity contribution < 1.29 is 14.3 Å². The Kier molecular flexibility index (Phi) is 6.89. The van der Waals surface area contributed by atoms with E-state index in [-0.39, 0.29) is 28.8 Å². The van der Waals surface area contributed by atoms with Crippen molar-refractivity contribution in [1.29, 1.82) is 0 Å². The van der Waals surface area contributed by atoms with Crippen LogP contribution in [0.3, 0.4) is 0 Å². The largest absolute Gasteiger partial charge is 2.00 e. The second-order valence-electron chi connectivity index (χ2n) is 10.0. The summed E-state index contributed by atoms with van der Waals surface area (Å²) in [5.74, 6) is -1.91. The third-order valence-electron chi connectivity index (χ3n) is 8.02. The monoisotopic (exact) mass is 528 g/mol. The Morgan fingerprint density at radius 3 is 2.41 bits per heavy atom. The zero-order chi connectivity index (χ0) is 26.9. The Morgan fingerprint density at radius 1 is 1.00 bits per heavy atom. The number of hydrogen-bond donors (Lipinski definition) is 0. The van der Waals surface area contributed by atoms with Gasteiger partial charge >= 0.3 is 29.0 Å². The van der Waals surface area contributed by atoms with Gasteiger partial charge in [0.05, 0.1) is 7.11 Å². The van der Waals surface area contributed by atoms with Crippen molar-refractivity contribution in [3.8, 4) is 0 Å². The van der Waals surface area contributed by atoms with Crippen LogP contribution in [0.2, 0.25) is 0 Å². The van der Waals surface area contributed by atoms with Gasteiger partial charge in [0.1, 0.15) is 5.92 Å². The maximum absolute atomic E-state index is 13.6. The van der Waals surface area contributed by atoms with Crippen LogP contribution < -0.4 is 25.7 Å². The second-order valence-corrected chi connectivity index (χ2v) is 10.0. The maximum atomic E-state index is 13.6. The molecule has 3 aromatic heterocycles. The van der Waals surface area contributed by atoms with Crippen molar-refractivity contribution in [1.82, 2.24) is 15.0 Å². The molecule has 3 aliphatic rings. The van der Waals surface area contributed by atoms with Crippen molar-refractivity contribution in [2.24, 2.45) is 5.92 Å². The van der Waals surface area contributed by atoms with E-state index in [0.717, 1.165) is 62.0 Å². The van der Waals surface area contributed by atoms with E-state index in [1.807, 2.05) is 38.2 Å². The molecule has 5 heterocycles. The van der Waals surface area contributed by atoms with Gasteiger partial charge in [0.25, 0.3) is 0 Å². The molecule has 0 spiro atoms. The molecule has 1 fully saturated rings. The summed E-state index contributed by atoms with van der Waals surface area (Å²) in [5.41, 5.74) is 10.4. The van der Waals surface area contributed by atoms with Gasteiger partial charge in [0, 0.05) is 5.56 Å². The second kappa shape index (κ2) is 9.92. The third-order valence-corrected chi connectivity index (χ3v) is 8.02. The van der Waals surface area contributed by atoms with Crippen LogP contribution in [0.5, 0.6) is 0 Å². The van der Waals surface area contributed by atoms with Gasteiger partial charge in [-0.15, -0.1) is 33.5 Å². The van der Waals surface area contributed by atoms with E-state index >= 15 is 0 Å². The number of ether oxygens (including phenoxy) is 1. The maximum Gasteiger partial charge on any atom is 2.00 e. The fraction of sp³-hybridized carbons (Fsp3) is 0.290. The minimum atomic E-state index is -1.05.